The van der Waals surface area contributed by atoms with Crippen LogP contribution in [-0.2, 0) is 9.53 Å². The molecule has 3 rings (SSSR count). The zero-order valence-corrected chi connectivity index (χ0v) is 22.6. The maximum Gasteiger partial charge on any atom is 0.257 e. The Kier molecular flexibility index (Phi) is 9.66. The predicted octanol–water partition coefficient (Wildman–Crippen LogP) is 2.83. The van der Waals surface area contributed by atoms with Gasteiger partial charge < -0.3 is 29.5 Å². The smallest absolute Gasteiger partial charge is 0.257 e. The Labute approximate surface area is 219 Å². The quantitative estimate of drug-likeness (QED) is 0.665. The van der Waals surface area contributed by atoms with Crippen molar-refractivity contribution in [3.63, 3.8) is 0 Å². The number of nitrogens with zero attached hydrogens (tertiary/aromatic N) is 3. The molecule has 2 aromatic carbocycles. The molecule has 1 heterocycles. The summed E-state index contributed by atoms with van der Waals surface area (Å²) >= 11 is 0. The van der Waals surface area contributed by atoms with E-state index in [4.69, 9.17) is 9.47 Å². The molecule has 0 aliphatic carbocycles. The molecule has 1 aliphatic rings. The molecule has 0 fully saturated rings. The molecule has 9 heteroatoms. The summed E-state index contributed by atoms with van der Waals surface area (Å²) in [7, 11) is 7.07. The van der Waals surface area contributed by atoms with Crippen molar-refractivity contribution in [1.82, 2.24) is 14.7 Å². The number of hydrogen-bond acceptors (Lipinski definition) is 6. The number of carbonyl (C=O) groups excluding carboxylic acids is 3. The number of anilines is 1. The van der Waals surface area contributed by atoms with E-state index < -0.39 is 0 Å². The molecule has 0 spiro atoms. The van der Waals surface area contributed by atoms with Gasteiger partial charge in [-0.25, -0.2) is 0 Å². The van der Waals surface area contributed by atoms with Crippen LogP contribution in [0.1, 0.15) is 34.6 Å². The molecule has 9 nitrogen and oxygen atoms in total. The van der Waals surface area contributed by atoms with Crippen molar-refractivity contribution in [2.75, 3.05) is 59.8 Å². The number of amides is 3. The molecule has 1 N–H and O–H groups in total. The summed E-state index contributed by atoms with van der Waals surface area (Å²) in [4.78, 5) is 44.4. The van der Waals surface area contributed by atoms with Crippen LogP contribution < -0.4 is 10.1 Å². The van der Waals surface area contributed by atoms with E-state index in [0.717, 1.165) is 0 Å². The Morgan fingerprint density at radius 2 is 1.81 bits per heavy atom. The van der Waals surface area contributed by atoms with Crippen LogP contribution in [0, 0.1) is 5.92 Å². The molecule has 0 saturated heterocycles. The fourth-order valence-electron chi connectivity index (χ4n) is 4.35. The molecule has 1 aliphatic heterocycles. The Hall–Kier alpha value is -3.43. The summed E-state index contributed by atoms with van der Waals surface area (Å²) in [5.74, 6) is -0.143. The fourth-order valence-corrected chi connectivity index (χ4v) is 4.35. The van der Waals surface area contributed by atoms with Crippen LogP contribution in [-0.4, -0.2) is 99.1 Å². The molecule has 2 aromatic rings. The van der Waals surface area contributed by atoms with E-state index >= 15 is 0 Å². The molecule has 0 saturated carbocycles. The predicted molar refractivity (Wildman–Crippen MR) is 143 cm³/mol. The highest BCUT2D eigenvalue weighted by Gasteiger charge is 2.30. The van der Waals surface area contributed by atoms with E-state index in [2.05, 4.69) is 5.32 Å². The molecular formula is C28H38N4O5. The normalized spacial score (nSPS) is 20.9. The minimum absolute atomic E-state index is 0.00612. The van der Waals surface area contributed by atoms with Crippen molar-refractivity contribution in [2.45, 2.75) is 26.0 Å². The second kappa shape index (κ2) is 12.7. The molecule has 0 unspecified atom stereocenters. The number of ether oxygens (including phenoxy) is 2. The highest BCUT2D eigenvalue weighted by Crippen LogP contribution is 2.27. The first-order valence-corrected chi connectivity index (χ1v) is 12.5. The lowest BCUT2D eigenvalue weighted by atomic mass is 10.0. The average Bonchev–Trinajstić information content (AvgIpc) is 2.87. The van der Waals surface area contributed by atoms with Crippen LogP contribution in [0.15, 0.2) is 48.5 Å². The van der Waals surface area contributed by atoms with Gasteiger partial charge in [-0.05, 0) is 45.3 Å². The van der Waals surface area contributed by atoms with Crippen LogP contribution in [0.4, 0.5) is 5.69 Å². The molecule has 0 aromatic heterocycles. The van der Waals surface area contributed by atoms with Crippen molar-refractivity contribution in [2.24, 2.45) is 5.92 Å². The zero-order chi connectivity index (χ0) is 27.1. The van der Waals surface area contributed by atoms with Gasteiger partial charge in [0.05, 0.1) is 24.3 Å². The van der Waals surface area contributed by atoms with Crippen molar-refractivity contribution in [3.8, 4) is 5.75 Å². The van der Waals surface area contributed by atoms with Gasteiger partial charge in [-0.15, -0.1) is 0 Å². The third-order valence-electron chi connectivity index (χ3n) is 6.51. The van der Waals surface area contributed by atoms with Crippen molar-refractivity contribution < 1.29 is 23.9 Å². The average molecular weight is 511 g/mol. The molecular weight excluding hydrogens is 472 g/mol. The largest absolute Gasteiger partial charge is 0.491 e. The van der Waals surface area contributed by atoms with Gasteiger partial charge in [-0.2, -0.15) is 0 Å². The van der Waals surface area contributed by atoms with Crippen molar-refractivity contribution >= 4 is 23.4 Å². The number of nitrogens with one attached hydrogen (secondary N) is 1. The minimum Gasteiger partial charge on any atom is -0.491 e. The maximum absolute atomic E-state index is 13.4. The van der Waals surface area contributed by atoms with Crippen LogP contribution in [0.25, 0.3) is 0 Å². The topological polar surface area (TPSA) is 91.4 Å². The van der Waals surface area contributed by atoms with Crippen molar-refractivity contribution in [1.29, 1.82) is 0 Å². The summed E-state index contributed by atoms with van der Waals surface area (Å²) in [5.41, 5.74) is 1.41. The minimum atomic E-state index is -0.261. The van der Waals surface area contributed by atoms with E-state index in [1.54, 1.807) is 61.5 Å². The standard InChI is InChI=1S/C28H38N4O5/c1-19-15-32(26(33)17-30(3)4)20(2)18-37-24-14-22(29-27(34)21-10-8-7-9-11-21)12-13-23(24)28(35)31(5)16-25(19)36-6/h7-14,19-20,25H,15-18H2,1-6H3,(H,29,34)/t19-,20-,25+/m1/s1. The fraction of sp³-hybridized carbons (Fsp3) is 0.464. The van der Waals surface area contributed by atoms with Gasteiger partial charge in [-0.1, -0.05) is 25.1 Å². The van der Waals surface area contributed by atoms with E-state index in [0.29, 0.717) is 35.7 Å². The van der Waals surface area contributed by atoms with Gasteiger partial charge in [0.1, 0.15) is 12.4 Å². The van der Waals surface area contributed by atoms with E-state index in [-0.39, 0.29) is 48.9 Å². The van der Waals surface area contributed by atoms with Gasteiger partial charge >= 0.3 is 0 Å². The number of likely N-dealkylation sites (N-methyl/N-ethyl adjacent to an activating group) is 2. The first-order chi connectivity index (χ1) is 17.6. The SMILES string of the molecule is CO[C@H]1CN(C)C(=O)c2ccc(NC(=O)c3ccccc3)cc2OC[C@@H](C)N(C(=O)CN(C)C)C[C@H]1C. The first-order valence-electron chi connectivity index (χ1n) is 12.5. The van der Waals surface area contributed by atoms with E-state index in [1.807, 2.05) is 43.8 Å². The number of methoxy groups -OCH3 is 1. The Morgan fingerprint density at radius 3 is 2.46 bits per heavy atom. The highest BCUT2D eigenvalue weighted by atomic mass is 16.5. The number of carbonyl (C=O) groups is 3. The summed E-state index contributed by atoms with van der Waals surface area (Å²) in [6.07, 6.45) is -0.260. The van der Waals surface area contributed by atoms with E-state index in [9.17, 15) is 14.4 Å². The van der Waals surface area contributed by atoms with Crippen LogP contribution >= 0.6 is 0 Å². The molecule has 3 amide bonds. The van der Waals surface area contributed by atoms with E-state index in [1.165, 1.54) is 0 Å². The van der Waals surface area contributed by atoms with Crippen LogP contribution in [0.3, 0.4) is 0 Å². The molecule has 200 valence electrons. The lowest BCUT2D eigenvalue weighted by Gasteiger charge is -2.36. The third kappa shape index (κ3) is 7.30. The van der Waals surface area contributed by atoms with Gasteiger partial charge in [-0.3, -0.25) is 14.4 Å². The third-order valence-corrected chi connectivity index (χ3v) is 6.51. The van der Waals surface area contributed by atoms with Gasteiger partial charge in [0.15, 0.2) is 0 Å². The van der Waals surface area contributed by atoms with Crippen LogP contribution in [0.5, 0.6) is 5.75 Å². The summed E-state index contributed by atoms with van der Waals surface area (Å²) in [6, 6.07) is 13.6. The second-order valence-electron chi connectivity index (χ2n) is 9.91. The monoisotopic (exact) mass is 510 g/mol. The summed E-state index contributed by atoms with van der Waals surface area (Å²) in [6.45, 7) is 5.24. The molecule has 0 radical (unpaired) electrons. The second-order valence-corrected chi connectivity index (χ2v) is 9.91. The highest BCUT2D eigenvalue weighted by molar-refractivity contribution is 6.05. The molecule has 37 heavy (non-hydrogen) atoms. The van der Waals surface area contributed by atoms with Gasteiger partial charge in [0.2, 0.25) is 5.91 Å². The molecule has 3 atom stereocenters. The number of fused-ring (bicyclic) bond motifs is 1. The first kappa shape index (κ1) is 28.1. The zero-order valence-electron chi connectivity index (χ0n) is 22.6. The lowest BCUT2D eigenvalue weighted by Crippen LogP contribution is -2.50. The van der Waals surface area contributed by atoms with Gasteiger partial charge in [0.25, 0.3) is 11.8 Å². The summed E-state index contributed by atoms with van der Waals surface area (Å²) in [5, 5.41) is 2.87. The Morgan fingerprint density at radius 1 is 1.11 bits per heavy atom. The number of hydrogen-bond donors (Lipinski definition) is 1. The van der Waals surface area contributed by atoms with Crippen LogP contribution in [0.2, 0.25) is 0 Å². The molecule has 0 bridgehead atoms. The lowest BCUT2D eigenvalue weighted by molar-refractivity contribution is -0.136. The Balaban J connectivity index is 1.94. The van der Waals surface area contributed by atoms with Gasteiger partial charge in [0, 0.05) is 50.5 Å². The number of benzene rings is 2. The number of rotatable bonds is 5. The Bertz CT molecular complexity index is 1090. The summed E-state index contributed by atoms with van der Waals surface area (Å²) < 4.78 is 11.9. The van der Waals surface area contributed by atoms with Crippen molar-refractivity contribution in [3.05, 3.63) is 59.7 Å². The maximum atomic E-state index is 13.4.